The summed E-state index contributed by atoms with van der Waals surface area (Å²) in [6.45, 7) is 4.82. The van der Waals surface area contributed by atoms with Crippen LogP contribution in [-0.2, 0) is 6.54 Å². The maximum Gasteiger partial charge on any atom is 0.214 e. The average Bonchev–Trinajstić information content (AvgIpc) is 3.50. The van der Waals surface area contributed by atoms with Crippen molar-refractivity contribution in [2.45, 2.75) is 25.5 Å². The van der Waals surface area contributed by atoms with E-state index in [2.05, 4.69) is 31.5 Å². The fraction of sp³-hybridized carbons (Fsp3) is 0.238. The van der Waals surface area contributed by atoms with E-state index in [1.165, 1.54) is 16.6 Å². The van der Waals surface area contributed by atoms with Crippen molar-refractivity contribution in [1.29, 1.82) is 0 Å². The number of Topliss-reactive ketones (excluding diaryl/α,β-unsaturated/α-hetero) is 1. The van der Waals surface area contributed by atoms with Crippen LogP contribution in [0.2, 0.25) is 0 Å². The number of nitrogens with zero attached hydrogens (tertiary/aromatic N) is 5. The SMILES string of the molecule is COc1ccc(-n2nnnc2SCC(=O)c2cc(C)n(Cc3cccs3)c2C)cc1. The number of ketones is 1. The zero-order chi connectivity index (χ0) is 21.1. The first-order valence-electron chi connectivity index (χ1n) is 9.34. The lowest BCUT2D eigenvalue weighted by Gasteiger charge is -2.08. The summed E-state index contributed by atoms with van der Waals surface area (Å²) in [5.41, 5.74) is 3.63. The van der Waals surface area contributed by atoms with Gasteiger partial charge in [-0.1, -0.05) is 17.8 Å². The van der Waals surface area contributed by atoms with E-state index >= 15 is 0 Å². The number of tetrazole rings is 1. The van der Waals surface area contributed by atoms with E-state index < -0.39 is 0 Å². The highest BCUT2D eigenvalue weighted by atomic mass is 32.2. The quantitative estimate of drug-likeness (QED) is 0.303. The predicted molar refractivity (Wildman–Crippen MR) is 118 cm³/mol. The number of benzene rings is 1. The monoisotopic (exact) mass is 439 g/mol. The lowest BCUT2D eigenvalue weighted by Crippen LogP contribution is -2.08. The number of aryl methyl sites for hydroxylation is 1. The van der Waals surface area contributed by atoms with Gasteiger partial charge in [0.05, 0.1) is 25.1 Å². The molecule has 0 N–H and O–H groups in total. The minimum Gasteiger partial charge on any atom is -0.497 e. The number of methoxy groups -OCH3 is 1. The Morgan fingerprint density at radius 1 is 1.20 bits per heavy atom. The van der Waals surface area contributed by atoms with Crippen molar-refractivity contribution in [2.75, 3.05) is 12.9 Å². The highest BCUT2D eigenvalue weighted by Gasteiger charge is 2.18. The van der Waals surface area contributed by atoms with E-state index in [0.717, 1.165) is 34.9 Å². The Bertz CT molecular complexity index is 1150. The molecule has 9 heteroatoms. The Labute approximate surface area is 182 Å². The zero-order valence-electron chi connectivity index (χ0n) is 16.9. The van der Waals surface area contributed by atoms with Gasteiger partial charge in [-0.15, -0.1) is 16.4 Å². The Kier molecular flexibility index (Phi) is 6.01. The number of hydrogen-bond acceptors (Lipinski definition) is 7. The molecule has 0 amide bonds. The first-order valence-corrected chi connectivity index (χ1v) is 11.2. The predicted octanol–water partition coefficient (Wildman–Crippen LogP) is 4.17. The highest BCUT2D eigenvalue weighted by Crippen LogP contribution is 2.24. The molecule has 0 fully saturated rings. The number of carbonyl (C=O) groups is 1. The molecule has 0 aliphatic carbocycles. The van der Waals surface area contributed by atoms with Crippen molar-refractivity contribution in [3.63, 3.8) is 0 Å². The Balaban J connectivity index is 1.48. The summed E-state index contributed by atoms with van der Waals surface area (Å²) in [6.07, 6.45) is 0. The highest BCUT2D eigenvalue weighted by molar-refractivity contribution is 7.99. The lowest BCUT2D eigenvalue weighted by molar-refractivity contribution is 0.102. The lowest BCUT2D eigenvalue weighted by atomic mass is 10.2. The molecule has 3 heterocycles. The third kappa shape index (κ3) is 4.17. The zero-order valence-corrected chi connectivity index (χ0v) is 18.5. The average molecular weight is 440 g/mol. The third-order valence-corrected chi connectivity index (χ3v) is 6.64. The van der Waals surface area contributed by atoms with Gasteiger partial charge in [0.2, 0.25) is 5.16 Å². The molecule has 1 aromatic carbocycles. The van der Waals surface area contributed by atoms with Crippen LogP contribution in [0.3, 0.4) is 0 Å². The minimum absolute atomic E-state index is 0.0646. The Morgan fingerprint density at radius 2 is 2.00 bits per heavy atom. The van der Waals surface area contributed by atoms with Gasteiger partial charge < -0.3 is 9.30 Å². The Hall–Kier alpha value is -2.91. The van der Waals surface area contributed by atoms with Crippen LogP contribution in [0.1, 0.15) is 26.6 Å². The van der Waals surface area contributed by atoms with Crippen molar-refractivity contribution in [3.8, 4) is 11.4 Å². The van der Waals surface area contributed by atoms with Gasteiger partial charge in [-0.3, -0.25) is 4.79 Å². The van der Waals surface area contributed by atoms with Gasteiger partial charge in [0.25, 0.3) is 0 Å². The standard InChI is InChI=1S/C21H21N5O2S2/c1-14-11-19(15(2)25(14)12-18-5-4-10-29-18)20(27)13-30-21-22-23-24-26(21)16-6-8-17(28-3)9-7-16/h4-11H,12-13H2,1-3H3. The fourth-order valence-electron chi connectivity index (χ4n) is 3.25. The summed E-state index contributed by atoms with van der Waals surface area (Å²) in [5, 5.41) is 14.5. The molecule has 0 bridgehead atoms. The molecule has 0 aliphatic heterocycles. The van der Waals surface area contributed by atoms with E-state index in [9.17, 15) is 4.79 Å². The summed E-state index contributed by atoms with van der Waals surface area (Å²) < 4.78 is 9.00. The number of rotatable bonds is 8. The molecule has 0 unspecified atom stereocenters. The molecule has 3 aromatic heterocycles. The van der Waals surface area contributed by atoms with Crippen molar-refractivity contribution in [1.82, 2.24) is 24.8 Å². The van der Waals surface area contributed by atoms with Crippen LogP contribution >= 0.6 is 23.1 Å². The molecule has 7 nitrogen and oxygen atoms in total. The van der Waals surface area contributed by atoms with Gasteiger partial charge in [-0.2, -0.15) is 4.68 Å². The maximum absolute atomic E-state index is 12.9. The molecule has 0 spiro atoms. The summed E-state index contributed by atoms with van der Waals surface area (Å²) in [7, 11) is 1.62. The van der Waals surface area contributed by atoms with Crippen LogP contribution in [-0.4, -0.2) is 43.4 Å². The second kappa shape index (κ2) is 8.85. The van der Waals surface area contributed by atoms with Gasteiger partial charge in [0.1, 0.15) is 5.75 Å². The molecular weight excluding hydrogens is 418 g/mol. The van der Waals surface area contributed by atoms with Crippen LogP contribution in [0.4, 0.5) is 0 Å². The third-order valence-electron chi connectivity index (χ3n) is 4.86. The molecule has 0 saturated carbocycles. The van der Waals surface area contributed by atoms with Crippen LogP contribution in [0.5, 0.6) is 5.75 Å². The number of ether oxygens (including phenoxy) is 1. The van der Waals surface area contributed by atoms with Gasteiger partial charge in [-0.05, 0) is 66.1 Å². The summed E-state index contributed by atoms with van der Waals surface area (Å²) in [5.74, 6) is 1.09. The molecule has 30 heavy (non-hydrogen) atoms. The largest absolute Gasteiger partial charge is 0.497 e. The van der Waals surface area contributed by atoms with E-state index in [4.69, 9.17) is 4.74 Å². The van der Waals surface area contributed by atoms with E-state index in [-0.39, 0.29) is 11.5 Å². The number of aromatic nitrogens is 5. The Morgan fingerprint density at radius 3 is 2.70 bits per heavy atom. The molecule has 4 aromatic rings. The van der Waals surface area contributed by atoms with Crippen molar-refractivity contribution in [3.05, 3.63) is 69.7 Å². The molecule has 0 aliphatic rings. The second-order valence-electron chi connectivity index (χ2n) is 6.73. The molecule has 0 radical (unpaired) electrons. The van der Waals surface area contributed by atoms with Crippen LogP contribution in [0.15, 0.2) is 53.0 Å². The van der Waals surface area contributed by atoms with E-state index in [1.54, 1.807) is 23.1 Å². The molecule has 0 saturated heterocycles. The number of thioether (sulfide) groups is 1. The minimum atomic E-state index is 0.0646. The first-order chi connectivity index (χ1) is 14.6. The molecule has 0 atom stereocenters. The van der Waals surface area contributed by atoms with Gasteiger partial charge in [-0.25, -0.2) is 0 Å². The van der Waals surface area contributed by atoms with Gasteiger partial charge in [0.15, 0.2) is 5.78 Å². The van der Waals surface area contributed by atoms with Gasteiger partial charge >= 0.3 is 0 Å². The smallest absolute Gasteiger partial charge is 0.214 e. The summed E-state index contributed by atoms with van der Waals surface area (Å²) in [4.78, 5) is 14.2. The van der Waals surface area contributed by atoms with E-state index in [0.29, 0.717) is 5.16 Å². The van der Waals surface area contributed by atoms with E-state index in [1.807, 2.05) is 50.2 Å². The maximum atomic E-state index is 12.9. The number of thiophene rings is 1. The summed E-state index contributed by atoms with van der Waals surface area (Å²) in [6, 6.07) is 13.6. The fourth-order valence-corrected chi connectivity index (χ4v) is 4.71. The number of carbonyl (C=O) groups excluding carboxylic acids is 1. The van der Waals surface area contributed by atoms with Crippen molar-refractivity contribution < 1.29 is 9.53 Å². The van der Waals surface area contributed by atoms with Crippen LogP contribution < -0.4 is 4.74 Å². The van der Waals surface area contributed by atoms with Gasteiger partial charge in [0, 0.05) is 21.8 Å². The summed E-state index contributed by atoms with van der Waals surface area (Å²) >= 11 is 3.05. The van der Waals surface area contributed by atoms with Crippen molar-refractivity contribution in [2.24, 2.45) is 0 Å². The first kappa shape index (κ1) is 20.4. The van der Waals surface area contributed by atoms with Crippen molar-refractivity contribution >= 4 is 28.9 Å². The number of hydrogen-bond donors (Lipinski definition) is 0. The normalized spacial score (nSPS) is 11.0. The molecular formula is C21H21N5O2S2. The molecule has 4 rings (SSSR count). The second-order valence-corrected chi connectivity index (χ2v) is 8.71. The molecule has 154 valence electrons. The van der Waals surface area contributed by atoms with Crippen LogP contribution in [0.25, 0.3) is 5.69 Å². The topological polar surface area (TPSA) is 74.8 Å². The van der Waals surface area contributed by atoms with Crippen LogP contribution in [0, 0.1) is 13.8 Å².